The fraction of sp³-hybridized carbons (Fsp3) is 0.308. The van der Waals surface area contributed by atoms with Crippen LogP contribution in [0, 0.1) is 6.92 Å². The molecule has 0 aliphatic carbocycles. The van der Waals surface area contributed by atoms with E-state index in [2.05, 4.69) is 15.5 Å². The van der Waals surface area contributed by atoms with Crippen molar-refractivity contribution < 1.29 is 9.53 Å². The van der Waals surface area contributed by atoms with E-state index in [9.17, 15) is 4.79 Å². The van der Waals surface area contributed by atoms with Crippen LogP contribution in [0.5, 0.6) is 0 Å². The van der Waals surface area contributed by atoms with Crippen molar-refractivity contribution in [3.63, 3.8) is 0 Å². The highest BCUT2D eigenvalue weighted by Crippen LogP contribution is 2.15. The van der Waals surface area contributed by atoms with E-state index in [1.54, 1.807) is 6.33 Å². The van der Waals surface area contributed by atoms with Gasteiger partial charge in [-0.2, -0.15) is 0 Å². The van der Waals surface area contributed by atoms with Crippen LogP contribution < -0.4 is 5.32 Å². The maximum Gasteiger partial charge on any atom is 0.250 e. The fourth-order valence-electron chi connectivity index (χ4n) is 1.67. The SMILES string of the molecule is CCOCC(=O)Nc1cccc(-n2cnnc2C)c1. The van der Waals surface area contributed by atoms with Crippen molar-refractivity contribution in [3.8, 4) is 5.69 Å². The lowest BCUT2D eigenvalue weighted by Gasteiger charge is -2.08. The van der Waals surface area contributed by atoms with Crippen molar-refractivity contribution in [1.82, 2.24) is 14.8 Å². The molecule has 0 spiro atoms. The summed E-state index contributed by atoms with van der Waals surface area (Å²) in [5.74, 6) is 0.622. The van der Waals surface area contributed by atoms with E-state index in [1.807, 2.05) is 42.7 Å². The quantitative estimate of drug-likeness (QED) is 0.885. The Morgan fingerprint density at radius 3 is 3.00 bits per heavy atom. The number of ether oxygens (including phenoxy) is 1. The molecule has 1 aromatic heterocycles. The number of aromatic nitrogens is 3. The molecule has 1 heterocycles. The summed E-state index contributed by atoms with van der Waals surface area (Å²) < 4.78 is 6.90. The minimum absolute atomic E-state index is 0.0619. The van der Waals surface area contributed by atoms with Gasteiger partial charge >= 0.3 is 0 Å². The molecule has 0 unspecified atom stereocenters. The first-order valence-corrected chi connectivity index (χ1v) is 6.05. The molecule has 0 fully saturated rings. The van der Waals surface area contributed by atoms with Crippen LogP contribution in [0.25, 0.3) is 5.69 Å². The van der Waals surface area contributed by atoms with Crippen molar-refractivity contribution in [2.75, 3.05) is 18.5 Å². The van der Waals surface area contributed by atoms with Crippen LogP contribution >= 0.6 is 0 Å². The van der Waals surface area contributed by atoms with Crippen molar-refractivity contribution in [1.29, 1.82) is 0 Å². The van der Waals surface area contributed by atoms with E-state index in [0.29, 0.717) is 6.61 Å². The Hall–Kier alpha value is -2.21. The van der Waals surface area contributed by atoms with Gasteiger partial charge in [0, 0.05) is 12.3 Å². The van der Waals surface area contributed by atoms with Crippen LogP contribution in [0.1, 0.15) is 12.7 Å². The Morgan fingerprint density at radius 2 is 2.32 bits per heavy atom. The smallest absolute Gasteiger partial charge is 0.250 e. The number of rotatable bonds is 5. The van der Waals surface area contributed by atoms with E-state index < -0.39 is 0 Å². The summed E-state index contributed by atoms with van der Waals surface area (Å²) in [6.45, 7) is 4.30. The predicted molar refractivity (Wildman–Crippen MR) is 71.2 cm³/mol. The minimum Gasteiger partial charge on any atom is -0.372 e. The average molecular weight is 260 g/mol. The number of benzene rings is 1. The molecular weight excluding hydrogens is 244 g/mol. The molecule has 6 heteroatoms. The van der Waals surface area contributed by atoms with Gasteiger partial charge in [-0.15, -0.1) is 10.2 Å². The summed E-state index contributed by atoms with van der Waals surface area (Å²) in [4.78, 5) is 11.6. The largest absolute Gasteiger partial charge is 0.372 e. The topological polar surface area (TPSA) is 69.0 Å². The second-order valence-corrected chi connectivity index (χ2v) is 3.98. The van der Waals surface area contributed by atoms with Crippen molar-refractivity contribution in [3.05, 3.63) is 36.4 Å². The molecule has 1 N–H and O–H groups in total. The van der Waals surface area contributed by atoms with E-state index in [4.69, 9.17) is 4.74 Å². The Balaban J connectivity index is 2.12. The maximum absolute atomic E-state index is 11.6. The number of hydrogen-bond donors (Lipinski definition) is 1. The summed E-state index contributed by atoms with van der Waals surface area (Å²) in [6, 6.07) is 7.48. The van der Waals surface area contributed by atoms with E-state index in [1.165, 1.54) is 0 Å². The second-order valence-electron chi connectivity index (χ2n) is 3.98. The fourth-order valence-corrected chi connectivity index (χ4v) is 1.67. The Morgan fingerprint density at radius 1 is 1.47 bits per heavy atom. The molecule has 0 aliphatic heterocycles. The number of aryl methyl sites for hydroxylation is 1. The second kappa shape index (κ2) is 6.10. The molecule has 1 aromatic carbocycles. The third-order valence-electron chi connectivity index (χ3n) is 2.56. The molecule has 2 aromatic rings. The number of nitrogens with one attached hydrogen (secondary N) is 1. The van der Waals surface area contributed by atoms with Crippen LogP contribution in [0.2, 0.25) is 0 Å². The first-order valence-electron chi connectivity index (χ1n) is 6.05. The molecule has 6 nitrogen and oxygen atoms in total. The van der Waals surface area contributed by atoms with Gasteiger partial charge in [0.15, 0.2) is 0 Å². The summed E-state index contributed by atoms with van der Waals surface area (Å²) in [5.41, 5.74) is 1.62. The van der Waals surface area contributed by atoms with Gasteiger partial charge in [0.25, 0.3) is 0 Å². The Bertz CT molecular complexity index is 565. The number of nitrogens with zero attached hydrogens (tertiary/aromatic N) is 3. The first kappa shape index (κ1) is 13.2. The van der Waals surface area contributed by atoms with Crippen molar-refractivity contribution in [2.24, 2.45) is 0 Å². The predicted octanol–water partition coefficient (Wildman–Crippen LogP) is 1.55. The van der Waals surface area contributed by atoms with Crippen LogP contribution in [-0.2, 0) is 9.53 Å². The average Bonchev–Trinajstić information content (AvgIpc) is 2.83. The van der Waals surface area contributed by atoms with Gasteiger partial charge in [-0.1, -0.05) is 6.07 Å². The molecule has 0 aliphatic rings. The Kier molecular flexibility index (Phi) is 4.25. The zero-order valence-corrected chi connectivity index (χ0v) is 11.0. The number of carbonyl (C=O) groups is 1. The highest BCUT2D eigenvalue weighted by molar-refractivity contribution is 5.91. The number of anilines is 1. The van der Waals surface area contributed by atoms with E-state index in [-0.39, 0.29) is 12.5 Å². The van der Waals surface area contributed by atoms with Crippen molar-refractivity contribution >= 4 is 11.6 Å². The van der Waals surface area contributed by atoms with Crippen LogP contribution in [0.4, 0.5) is 5.69 Å². The lowest BCUT2D eigenvalue weighted by molar-refractivity contribution is -0.120. The highest BCUT2D eigenvalue weighted by atomic mass is 16.5. The molecule has 0 saturated carbocycles. The molecule has 0 atom stereocenters. The zero-order chi connectivity index (χ0) is 13.7. The van der Waals surface area contributed by atoms with Gasteiger partial charge in [-0.25, -0.2) is 0 Å². The zero-order valence-electron chi connectivity index (χ0n) is 11.0. The van der Waals surface area contributed by atoms with E-state index >= 15 is 0 Å². The van der Waals surface area contributed by atoms with Gasteiger partial charge in [0.1, 0.15) is 18.8 Å². The van der Waals surface area contributed by atoms with Crippen LogP contribution in [-0.4, -0.2) is 33.9 Å². The normalized spacial score (nSPS) is 10.4. The molecule has 0 radical (unpaired) electrons. The Labute approximate surface area is 111 Å². The summed E-state index contributed by atoms with van der Waals surface area (Å²) >= 11 is 0. The summed E-state index contributed by atoms with van der Waals surface area (Å²) in [5, 5.41) is 10.5. The van der Waals surface area contributed by atoms with Crippen molar-refractivity contribution in [2.45, 2.75) is 13.8 Å². The maximum atomic E-state index is 11.6. The number of amides is 1. The number of carbonyl (C=O) groups excluding carboxylic acids is 1. The monoisotopic (exact) mass is 260 g/mol. The first-order chi connectivity index (χ1) is 9.20. The van der Waals surface area contributed by atoms with Gasteiger partial charge in [0.2, 0.25) is 5.91 Å². The van der Waals surface area contributed by atoms with Gasteiger partial charge in [-0.3, -0.25) is 9.36 Å². The number of hydrogen-bond acceptors (Lipinski definition) is 4. The lowest BCUT2D eigenvalue weighted by atomic mass is 10.2. The molecule has 1 amide bonds. The van der Waals surface area contributed by atoms with Gasteiger partial charge < -0.3 is 10.1 Å². The van der Waals surface area contributed by atoms with Gasteiger partial charge in [-0.05, 0) is 32.0 Å². The minimum atomic E-state index is -0.167. The standard InChI is InChI=1S/C13H16N4O2/c1-3-19-8-13(18)15-11-5-4-6-12(7-11)17-9-14-16-10(17)2/h4-7,9H,3,8H2,1-2H3,(H,15,18). The van der Waals surface area contributed by atoms with Crippen LogP contribution in [0.3, 0.4) is 0 Å². The molecule has 0 saturated heterocycles. The molecule has 100 valence electrons. The van der Waals surface area contributed by atoms with Gasteiger partial charge in [0.05, 0.1) is 5.69 Å². The highest BCUT2D eigenvalue weighted by Gasteiger charge is 2.05. The molecular formula is C13H16N4O2. The third kappa shape index (κ3) is 3.38. The molecule has 0 bridgehead atoms. The third-order valence-corrected chi connectivity index (χ3v) is 2.56. The lowest BCUT2D eigenvalue weighted by Crippen LogP contribution is -2.18. The summed E-state index contributed by atoms with van der Waals surface area (Å²) in [6.07, 6.45) is 1.64. The molecule has 19 heavy (non-hydrogen) atoms. The molecule has 2 rings (SSSR count). The summed E-state index contributed by atoms with van der Waals surface area (Å²) in [7, 11) is 0. The van der Waals surface area contributed by atoms with Crippen LogP contribution in [0.15, 0.2) is 30.6 Å². The van der Waals surface area contributed by atoms with E-state index in [0.717, 1.165) is 17.2 Å².